The predicted molar refractivity (Wildman–Crippen MR) is 149 cm³/mol. The Balaban J connectivity index is 2.51. The summed E-state index contributed by atoms with van der Waals surface area (Å²) in [5, 5.41) is 2.97. The second-order valence-electron chi connectivity index (χ2n) is 9.80. The predicted octanol–water partition coefficient (Wildman–Crippen LogP) is 6.91. The van der Waals surface area contributed by atoms with Crippen molar-refractivity contribution in [3.05, 3.63) is 42.0 Å². The summed E-state index contributed by atoms with van der Waals surface area (Å²) in [6.07, 6.45) is 11.4. The van der Waals surface area contributed by atoms with Crippen LogP contribution in [0.15, 0.2) is 36.4 Å². The summed E-state index contributed by atoms with van der Waals surface area (Å²) in [5.74, 6) is 0.333. The first-order valence-electron chi connectivity index (χ1n) is 13.9. The van der Waals surface area contributed by atoms with Gasteiger partial charge in [0.15, 0.2) is 0 Å². The molecule has 1 unspecified atom stereocenters. The maximum atomic E-state index is 13.1. The van der Waals surface area contributed by atoms with Crippen molar-refractivity contribution in [2.45, 2.75) is 105 Å². The van der Waals surface area contributed by atoms with Crippen molar-refractivity contribution in [2.75, 3.05) is 13.2 Å². The fourth-order valence-corrected chi connectivity index (χ4v) is 3.87. The summed E-state index contributed by atoms with van der Waals surface area (Å²) in [6.45, 7) is 12.7. The van der Waals surface area contributed by atoms with E-state index in [1.807, 2.05) is 26.8 Å². The zero-order valence-corrected chi connectivity index (χ0v) is 23.8. The largest absolute Gasteiger partial charge is 0.493 e. The Bertz CT molecular complexity index is 831. The Hall–Kier alpha value is -2.83. The third kappa shape index (κ3) is 12.8. The van der Waals surface area contributed by atoms with Crippen molar-refractivity contribution in [3.63, 3.8) is 0 Å². The third-order valence-corrected chi connectivity index (χ3v) is 6.27. The number of imide groups is 1. The molecule has 0 heterocycles. The van der Waals surface area contributed by atoms with Gasteiger partial charge in [-0.2, -0.15) is 0 Å². The van der Waals surface area contributed by atoms with Gasteiger partial charge in [-0.05, 0) is 70.2 Å². The molecule has 0 aliphatic heterocycles. The first-order chi connectivity index (χ1) is 17.7. The van der Waals surface area contributed by atoms with Crippen molar-refractivity contribution >= 4 is 17.9 Å². The van der Waals surface area contributed by atoms with Crippen LogP contribution in [0.25, 0.3) is 0 Å². The van der Waals surface area contributed by atoms with Crippen molar-refractivity contribution in [1.29, 1.82) is 0 Å². The van der Waals surface area contributed by atoms with E-state index in [9.17, 15) is 14.4 Å². The SMILES string of the molecule is CCCCCCC(C)NC(=O)N(C(=O)c1ccc(OCCCOC(=O)/C=C/C(CC)CC)cc1)C(C)C. The van der Waals surface area contributed by atoms with E-state index < -0.39 is 0 Å². The van der Waals surface area contributed by atoms with E-state index in [-0.39, 0.29) is 36.6 Å². The van der Waals surface area contributed by atoms with Crippen LogP contribution in [0.4, 0.5) is 4.79 Å². The average molecular weight is 517 g/mol. The molecule has 1 rings (SSSR count). The lowest BCUT2D eigenvalue weighted by Crippen LogP contribution is -2.50. The number of rotatable bonds is 17. The molecule has 7 nitrogen and oxygen atoms in total. The molecule has 1 atom stereocenters. The van der Waals surface area contributed by atoms with Crippen LogP contribution >= 0.6 is 0 Å². The van der Waals surface area contributed by atoms with Gasteiger partial charge < -0.3 is 14.8 Å². The van der Waals surface area contributed by atoms with Gasteiger partial charge >= 0.3 is 12.0 Å². The van der Waals surface area contributed by atoms with Crippen molar-refractivity contribution in [1.82, 2.24) is 10.2 Å². The molecule has 0 saturated carbocycles. The van der Waals surface area contributed by atoms with Gasteiger partial charge in [0.2, 0.25) is 0 Å². The zero-order chi connectivity index (χ0) is 27.6. The lowest BCUT2D eigenvalue weighted by Gasteiger charge is -2.27. The summed E-state index contributed by atoms with van der Waals surface area (Å²) in [7, 11) is 0. The summed E-state index contributed by atoms with van der Waals surface area (Å²) in [6, 6.07) is 6.12. The Morgan fingerprint density at radius 3 is 2.19 bits per heavy atom. The average Bonchev–Trinajstić information content (AvgIpc) is 2.87. The second-order valence-corrected chi connectivity index (χ2v) is 9.80. The molecule has 1 aromatic rings. The van der Waals surface area contributed by atoms with Crippen LogP contribution in [0, 0.1) is 5.92 Å². The highest BCUT2D eigenvalue weighted by molar-refractivity contribution is 6.04. The molecule has 0 aliphatic rings. The molecule has 0 spiro atoms. The molecule has 1 N–H and O–H groups in total. The van der Waals surface area contributed by atoms with Crippen LogP contribution in [0.2, 0.25) is 0 Å². The molecule has 0 fully saturated rings. The quantitative estimate of drug-likeness (QED) is 0.138. The molecule has 0 bridgehead atoms. The van der Waals surface area contributed by atoms with Gasteiger partial charge in [0.05, 0.1) is 13.2 Å². The van der Waals surface area contributed by atoms with Gasteiger partial charge in [0.1, 0.15) is 5.75 Å². The Labute approximate surface area is 224 Å². The van der Waals surface area contributed by atoms with Gasteiger partial charge in [0, 0.05) is 30.1 Å². The number of unbranched alkanes of at least 4 members (excludes halogenated alkanes) is 3. The summed E-state index contributed by atoms with van der Waals surface area (Å²) < 4.78 is 10.9. The lowest BCUT2D eigenvalue weighted by molar-refractivity contribution is -0.138. The molecular weight excluding hydrogens is 468 g/mol. The maximum Gasteiger partial charge on any atom is 0.330 e. The fraction of sp³-hybridized carbons (Fsp3) is 0.633. The number of hydrogen-bond acceptors (Lipinski definition) is 5. The van der Waals surface area contributed by atoms with Gasteiger partial charge in [-0.15, -0.1) is 0 Å². The number of nitrogens with zero attached hydrogens (tertiary/aromatic N) is 1. The lowest BCUT2D eigenvalue weighted by atomic mass is 10.0. The molecule has 1 aromatic carbocycles. The molecule has 7 heteroatoms. The summed E-state index contributed by atoms with van der Waals surface area (Å²) >= 11 is 0. The number of esters is 1. The number of allylic oxidation sites excluding steroid dienone is 1. The minimum atomic E-state index is -0.368. The number of hydrogen-bond donors (Lipinski definition) is 1. The molecular formula is C30H48N2O5. The number of carbonyl (C=O) groups excluding carboxylic acids is 3. The van der Waals surface area contributed by atoms with Crippen molar-refractivity contribution < 1.29 is 23.9 Å². The standard InChI is InChI=1S/C30H48N2O5/c1-7-10-11-12-14-24(6)31-30(35)32(23(4)5)29(34)26-16-18-27(19-17-26)36-21-13-22-37-28(33)20-15-25(8-2)9-3/h15-20,23-25H,7-14,21-22H2,1-6H3,(H,31,35)/b20-15+. The summed E-state index contributed by atoms with van der Waals surface area (Å²) in [4.78, 5) is 39.0. The molecule has 208 valence electrons. The Morgan fingerprint density at radius 2 is 1.59 bits per heavy atom. The van der Waals surface area contributed by atoms with Gasteiger partial charge in [0.25, 0.3) is 5.91 Å². The van der Waals surface area contributed by atoms with Crippen LogP contribution in [0.1, 0.15) is 103 Å². The number of urea groups is 1. The first kappa shape index (κ1) is 32.2. The van der Waals surface area contributed by atoms with Gasteiger partial charge in [-0.3, -0.25) is 9.69 Å². The number of carbonyl (C=O) groups is 3. The van der Waals surface area contributed by atoms with E-state index in [1.54, 1.807) is 24.3 Å². The van der Waals surface area contributed by atoms with Crippen LogP contribution in [0.5, 0.6) is 5.75 Å². The normalized spacial score (nSPS) is 12.1. The second kappa shape index (κ2) is 18.4. The molecule has 0 aromatic heterocycles. The number of ether oxygens (including phenoxy) is 2. The van der Waals surface area contributed by atoms with E-state index in [2.05, 4.69) is 26.1 Å². The van der Waals surface area contributed by atoms with Crippen LogP contribution < -0.4 is 10.1 Å². The number of benzene rings is 1. The van der Waals surface area contributed by atoms with Crippen LogP contribution in [-0.2, 0) is 9.53 Å². The minimum absolute atomic E-state index is 0.00840. The van der Waals surface area contributed by atoms with Gasteiger partial charge in [-0.1, -0.05) is 52.5 Å². The highest BCUT2D eigenvalue weighted by Gasteiger charge is 2.26. The third-order valence-electron chi connectivity index (χ3n) is 6.27. The molecule has 0 aliphatic carbocycles. The van der Waals surface area contributed by atoms with Crippen molar-refractivity contribution in [2.24, 2.45) is 5.92 Å². The van der Waals surface area contributed by atoms with E-state index >= 15 is 0 Å². The maximum absolute atomic E-state index is 13.1. The first-order valence-corrected chi connectivity index (χ1v) is 13.9. The molecule has 0 radical (unpaired) electrons. The van der Waals surface area contributed by atoms with E-state index in [0.717, 1.165) is 32.1 Å². The Morgan fingerprint density at radius 1 is 0.919 bits per heavy atom. The van der Waals surface area contributed by atoms with Gasteiger partial charge in [-0.25, -0.2) is 9.59 Å². The Kier molecular flexibility index (Phi) is 16.0. The monoisotopic (exact) mass is 516 g/mol. The van der Waals surface area contributed by atoms with E-state index in [0.29, 0.717) is 30.3 Å². The highest BCUT2D eigenvalue weighted by Crippen LogP contribution is 2.16. The zero-order valence-electron chi connectivity index (χ0n) is 23.8. The molecule has 0 saturated heterocycles. The highest BCUT2D eigenvalue weighted by atomic mass is 16.5. The van der Waals surface area contributed by atoms with Crippen molar-refractivity contribution in [3.8, 4) is 5.75 Å². The number of nitrogens with one attached hydrogen (secondary N) is 1. The number of amides is 3. The molecule has 37 heavy (non-hydrogen) atoms. The van der Waals surface area contributed by atoms with Crippen LogP contribution in [0.3, 0.4) is 0 Å². The van der Waals surface area contributed by atoms with Crippen LogP contribution in [-0.4, -0.2) is 48.1 Å². The minimum Gasteiger partial charge on any atom is -0.493 e. The fourth-order valence-electron chi connectivity index (χ4n) is 3.87. The topological polar surface area (TPSA) is 84.9 Å². The van der Waals surface area contributed by atoms with E-state index in [1.165, 1.54) is 23.8 Å². The van der Waals surface area contributed by atoms with E-state index in [4.69, 9.17) is 9.47 Å². The molecule has 3 amide bonds. The smallest absolute Gasteiger partial charge is 0.330 e. The summed E-state index contributed by atoms with van der Waals surface area (Å²) in [5.41, 5.74) is 0.421.